The summed E-state index contributed by atoms with van der Waals surface area (Å²) < 4.78 is 35.9. The zero-order valence-corrected chi connectivity index (χ0v) is 10.1. The summed E-state index contributed by atoms with van der Waals surface area (Å²) in [6.07, 6.45) is -1.93. The zero-order valence-electron chi connectivity index (χ0n) is 10.1. The number of alkyl halides is 3. The van der Waals surface area contributed by atoms with Gasteiger partial charge in [0.15, 0.2) is 0 Å². The molecule has 0 aromatic heterocycles. The number of hydrogen-bond donors (Lipinski definition) is 0. The van der Waals surface area contributed by atoms with Gasteiger partial charge in [-0.1, -0.05) is 6.42 Å². The Kier molecular flexibility index (Phi) is 5.80. The number of hydrogen-bond acceptors (Lipinski definition) is 2. The molecule has 0 aliphatic carbocycles. The molecule has 0 bridgehead atoms. The molecule has 0 aromatic rings. The topological polar surface area (TPSA) is 27.0 Å². The minimum atomic E-state index is -4.12. The molecule has 0 atom stereocenters. The maximum atomic E-state index is 12.0. The largest absolute Gasteiger partial charge is 0.401 e. The molecular formula is C11H19F3N2. The van der Waals surface area contributed by atoms with Crippen LogP contribution in [-0.2, 0) is 0 Å². The van der Waals surface area contributed by atoms with Crippen molar-refractivity contribution in [3.05, 3.63) is 0 Å². The maximum Gasteiger partial charge on any atom is 0.401 e. The molecule has 5 heteroatoms. The Labute approximate surface area is 95.0 Å². The van der Waals surface area contributed by atoms with Crippen LogP contribution in [0.2, 0.25) is 0 Å². The molecule has 0 saturated heterocycles. The third-order valence-corrected chi connectivity index (χ3v) is 2.34. The van der Waals surface area contributed by atoms with Crippen molar-refractivity contribution in [2.24, 2.45) is 5.41 Å². The average Bonchev–Trinajstić information content (AvgIpc) is 2.10. The zero-order chi connectivity index (χ0) is 12.8. The van der Waals surface area contributed by atoms with Crippen LogP contribution in [0.1, 0.15) is 33.1 Å². The number of halogens is 3. The Morgan fingerprint density at radius 3 is 2.19 bits per heavy atom. The lowest BCUT2D eigenvalue weighted by molar-refractivity contribution is -0.143. The average molecular weight is 236 g/mol. The van der Waals surface area contributed by atoms with Crippen molar-refractivity contribution in [3.8, 4) is 6.07 Å². The molecule has 0 heterocycles. The van der Waals surface area contributed by atoms with Gasteiger partial charge in [0, 0.05) is 0 Å². The molecule has 0 fully saturated rings. The molecule has 0 saturated carbocycles. The van der Waals surface area contributed by atoms with E-state index in [1.54, 1.807) is 0 Å². The van der Waals surface area contributed by atoms with Crippen LogP contribution in [-0.4, -0.2) is 31.2 Å². The second kappa shape index (κ2) is 6.09. The highest BCUT2D eigenvalue weighted by molar-refractivity contribution is 4.91. The van der Waals surface area contributed by atoms with Crippen molar-refractivity contribution >= 4 is 0 Å². The van der Waals surface area contributed by atoms with Crippen molar-refractivity contribution in [2.75, 3.05) is 20.1 Å². The third-order valence-electron chi connectivity index (χ3n) is 2.34. The SMILES string of the molecule is CN(CCCCC(C)(C)C#N)CC(F)(F)F. The van der Waals surface area contributed by atoms with Gasteiger partial charge in [-0.3, -0.25) is 4.90 Å². The normalized spacial score (nSPS) is 12.9. The van der Waals surface area contributed by atoms with Crippen LogP contribution < -0.4 is 0 Å². The molecule has 0 spiro atoms. The van der Waals surface area contributed by atoms with Crippen LogP contribution in [0.5, 0.6) is 0 Å². The van der Waals surface area contributed by atoms with Gasteiger partial charge in [0.25, 0.3) is 0 Å². The summed E-state index contributed by atoms with van der Waals surface area (Å²) in [6.45, 7) is 3.23. The van der Waals surface area contributed by atoms with E-state index in [-0.39, 0.29) is 5.41 Å². The van der Waals surface area contributed by atoms with E-state index < -0.39 is 12.7 Å². The summed E-state index contributed by atoms with van der Waals surface area (Å²) in [7, 11) is 1.46. The van der Waals surface area contributed by atoms with Gasteiger partial charge in [0.2, 0.25) is 0 Å². The van der Waals surface area contributed by atoms with Crippen LogP contribution in [0.15, 0.2) is 0 Å². The Morgan fingerprint density at radius 1 is 1.19 bits per heavy atom. The molecule has 0 rings (SSSR count). The van der Waals surface area contributed by atoms with E-state index in [0.29, 0.717) is 13.0 Å². The van der Waals surface area contributed by atoms with E-state index in [1.807, 2.05) is 13.8 Å². The summed E-state index contributed by atoms with van der Waals surface area (Å²) in [6, 6.07) is 2.17. The van der Waals surface area contributed by atoms with Gasteiger partial charge in [-0.2, -0.15) is 18.4 Å². The minimum Gasteiger partial charge on any atom is -0.298 e. The number of unbranched alkanes of at least 4 members (excludes halogenated alkanes) is 1. The summed E-state index contributed by atoms with van der Waals surface area (Å²) in [5.41, 5.74) is -0.372. The van der Waals surface area contributed by atoms with E-state index in [9.17, 15) is 13.2 Å². The maximum absolute atomic E-state index is 12.0. The Hall–Kier alpha value is -0.760. The van der Waals surface area contributed by atoms with Gasteiger partial charge in [0.05, 0.1) is 18.0 Å². The van der Waals surface area contributed by atoms with E-state index in [0.717, 1.165) is 12.8 Å². The first-order chi connectivity index (χ1) is 7.16. The molecule has 0 unspecified atom stereocenters. The van der Waals surface area contributed by atoms with Crippen molar-refractivity contribution in [3.63, 3.8) is 0 Å². The summed E-state index contributed by atoms with van der Waals surface area (Å²) >= 11 is 0. The summed E-state index contributed by atoms with van der Waals surface area (Å²) in [4.78, 5) is 1.26. The van der Waals surface area contributed by atoms with Gasteiger partial charge >= 0.3 is 6.18 Å². The molecule has 0 amide bonds. The minimum absolute atomic E-state index is 0.372. The standard InChI is InChI=1S/C11H19F3N2/c1-10(2,8-15)6-4-5-7-16(3)9-11(12,13)14/h4-7,9H2,1-3H3. The highest BCUT2D eigenvalue weighted by Gasteiger charge is 2.28. The van der Waals surface area contributed by atoms with Crippen molar-refractivity contribution in [1.29, 1.82) is 5.26 Å². The van der Waals surface area contributed by atoms with Crippen molar-refractivity contribution in [1.82, 2.24) is 4.90 Å². The molecule has 94 valence electrons. The van der Waals surface area contributed by atoms with Crippen molar-refractivity contribution in [2.45, 2.75) is 39.3 Å². The van der Waals surface area contributed by atoms with E-state index >= 15 is 0 Å². The van der Waals surface area contributed by atoms with Crippen molar-refractivity contribution < 1.29 is 13.2 Å². The first kappa shape index (κ1) is 15.2. The van der Waals surface area contributed by atoms with Gasteiger partial charge in [0.1, 0.15) is 0 Å². The Morgan fingerprint density at radius 2 is 1.75 bits per heavy atom. The van der Waals surface area contributed by atoms with Crippen LogP contribution in [0, 0.1) is 16.7 Å². The van der Waals surface area contributed by atoms with Gasteiger partial charge in [-0.05, 0) is 40.3 Å². The lowest BCUT2D eigenvalue weighted by Gasteiger charge is -2.19. The Balaban J connectivity index is 3.65. The van der Waals surface area contributed by atoms with E-state index in [2.05, 4.69) is 6.07 Å². The molecule has 16 heavy (non-hydrogen) atoms. The number of nitrogens with zero attached hydrogens (tertiary/aromatic N) is 2. The van der Waals surface area contributed by atoms with Crippen LogP contribution in [0.3, 0.4) is 0 Å². The van der Waals surface area contributed by atoms with E-state index in [4.69, 9.17) is 5.26 Å². The molecule has 0 radical (unpaired) electrons. The summed E-state index contributed by atoms with van der Waals surface area (Å²) in [5.74, 6) is 0. The van der Waals surface area contributed by atoms with Crippen LogP contribution in [0.25, 0.3) is 0 Å². The highest BCUT2D eigenvalue weighted by atomic mass is 19.4. The predicted octanol–water partition coefficient (Wildman–Crippen LogP) is 3.20. The molecular weight excluding hydrogens is 217 g/mol. The monoisotopic (exact) mass is 236 g/mol. The van der Waals surface area contributed by atoms with Crippen LogP contribution >= 0.6 is 0 Å². The highest BCUT2D eigenvalue weighted by Crippen LogP contribution is 2.22. The first-order valence-corrected chi connectivity index (χ1v) is 5.33. The third kappa shape index (κ3) is 8.54. The number of nitriles is 1. The lowest BCUT2D eigenvalue weighted by atomic mass is 9.89. The second-order valence-electron chi connectivity index (χ2n) is 4.81. The molecule has 0 aliphatic rings. The van der Waals surface area contributed by atoms with Gasteiger partial charge < -0.3 is 0 Å². The van der Waals surface area contributed by atoms with E-state index in [1.165, 1.54) is 11.9 Å². The quantitative estimate of drug-likeness (QED) is 0.662. The smallest absolute Gasteiger partial charge is 0.298 e. The fourth-order valence-electron chi connectivity index (χ4n) is 1.39. The first-order valence-electron chi connectivity index (χ1n) is 5.33. The Bertz CT molecular complexity index is 241. The van der Waals surface area contributed by atoms with Gasteiger partial charge in [-0.15, -0.1) is 0 Å². The molecule has 2 nitrogen and oxygen atoms in total. The van der Waals surface area contributed by atoms with Crippen LogP contribution in [0.4, 0.5) is 13.2 Å². The molecule has 0 aliphatic heterocycles. The molecule has 0 aromatic carbocycles. The second-order valence-corrected chi connectivity index (χ2v) is 4.81. The fourth-order valence-corrected chi connectivity index (χ4v) is 1.39. The lowest BCUT2D eigenvalue weighted by Crippen LogP contribution is -2.31. The summed E-state index contributed by atoms with van der Waals surface area (Å²) in [5, 5.41) is 8.75. The number of rotatable bonds is 6. The molecule has 0 N–H and O–H groups in total. The fraction of sp³-hybridized carbons (Fsp3) is 0.909. The van der Waals surface area contributed by atoms with Gasteiger partial charge in [-0.25, -0.2) is 0 Å². The predicted molar refractivity (Wildman–Crippen MR) is 56.8 cm³/mol.